The molecular weight excluding hydrogens is 370 g/mol. The molecule has 2 atom stereocenters. The van der Waals surface area contributed by atoms with E-state index in [0.717, 1.165) is 17.3 Å². The Bertz CT molecular complexity index is 507. The summed E-state index contributed by atoms with van der Waals surface area (Å²) in [4.78, 5) is 14.8. The fourth-order valence-electron chi connectivity index (χ4n) is 2.91. The number of piperidine rings is 1. The van der Waals surface area contributed by atoms with Gasteiger partial charge in [0.25, 0.3) is 5.91 Å². The molecule has 0 radical (unpaired) electrons. The van der Waals surface area contributed by atoms with Crippen molar-refractivity contribution < 1.29 is 9.53 Å². The van der Waals surface area contributed by atoms with Gasteiger partial charge in [-0.3, -0.25) is 4.79 Å². The Labute approximate surface area is 146 Å². The molecule has 0 spiro atoms. The van der Waals surface area contributed by atoms with E-state index in [1.165, 1.54) is 0 Å². The number of halogens is 2. The Morgan fingerprint density at radius 1 is 1.55 bits per heavy atom. The van der Waals surface area contributed by atoms with E-state index in [1.807, 2.05) is 21.7 Å². The Morgan fingerprint density at radius 3 is 2.77 bits per heavy atom. The van der Waals surface area contributed by atoms with Crippen LogP contribution in [0.15, 0.2) is 16.7 Å². The first-order valence-electron chi connectivity index (χ1n) is 7.39. The number of carbonyl (C=O) groups is 1. The molecule has 1 aromatic rings. The molecule has 2 heterocycles. The van der Waals surface area contributed by atoms with Crippen LogP contribution in [-0.4, -0.2) is 47.7 Å². The number of hydrogen-bond acceptors (Lipinski definition) is 3. The second-order valence-electron chi connectivity index (χ2n) is 5.81. The highest BCUT2D eigenvalue weighted by Crippen LogP contribution is 2.25. The molecule has 0 saturated carbocycles. The maximum absolute atomic E-state index is 12.9. The van der Waals surface area contributed by atoms with Gasteiger partial charge in [-0.15, -0.1) is 12.4 Å². The molecule has 0 aromatic carbocycles. The first-order chi connectivity index (χ1) is 9.97. The average Bonchev–Trinajstić information content (AvgIpc) is 2.88. The molecule has 1 aromatic heterocycles. The van der Waals surface area contributed by atoms with Crippen LogP contribution in [0.2, 0.25) is 0 Å². The van der Waals surface area contributed by atoms with Crippen molar-refractivity contribution in [3.8, 4) is 0 Å². The third-order valence-corrected chi connectivity index (χ3v) is 4.56. The standard InChI is InChI=1S/C15H24BrN3O2.ClH/c1-10(2)19-9-11(16)6-14(19)15(20)18-5-4-13(21-3)7-12(18)8-17;/h6,9-10,12-13H,4-5,7-8,17H2,1-3H3;1H. The zero-order valence-corrected chi connectivity index (χ0v) is 15.7. The normalized spacial score (nSPS) is 21.8. The second-order valence-corrected chi connectivity index (χ2v) is 6.73. The number of amides is 1. The molecule has 126 valence electrons. The fraction of sp³-hybridized carbons (Fsp3) is 0.667. The summed E-state index contributed by atoms with van der Waals surface area (Å²) in [6.45, 7) is 5.30. The lowest BCUT2D eigenvalue weighted by Crippen LogP contribution is -2.51. The van der Waals surface area contributed by atoms with Crippen LogP contribution in [0.4, 0.5) is 0 Å². The van der Waals surface area contributed by atoms with E-state index in [0.29, 0.717) is 18.8 Å². The highest BCUT2D eigenvalue weighted by atomic mass is 79.9. The predicted molar refractivity (Wildman–Crippen MR) is 93.7 cm³/mol. The lowest BCUT2D eigenvalue weighted by atomic mass is 9.99. The van der Waals surface area contributed by atoms with Crippen molar-refractivity contribution in [2.45, 2.75) is 44.9 Å². The van der Waals surface area contributed by atoms with Gasteiger partial charge in [0.05, 0.1) is 6.10 Å². The van der Waals surface area contributed by atoms with Gasteiger partial charge in [-0.1, -0.05) is 0 Å². The van der Waals surface area contributed by atoms with Crippen LogP contribution in [0.25, 0.3) is 0 Å². The molecular formula is C15H25BrClN3O2. The Kier molecular flexibility index (Phi) is 7.38. The molecule has 0 bridgehead atoms. The van der Waals surface area contributed by atoms with Crippen LogP contribution in [0.1, 0.15) is 43.2 Å². The van der Waals surface area contributed by atoms with Crippen LogP contribution in [0.3, 0.4) is 0 Å². The van der Waals surface area contributed by atoms with Crippen molar-refractivity contribution in [3.05, 3.63) is 22.4 Å². The van der Waals surface area contributed by atoms with Gasteiger partial charge in [0.2, 0.25) is 0 Å². The van der Waals surface area contributed by atoms with Crippen LogP contribution in [0, 0.1) is 0 Å². The van der Waals surface area contributed by atoms with E-state index in [9.17, 15) is 4.79 Å². The summed E-state index contributed by atoms with van der Waals surface area (Å²) in [6, 6.07) is 2.17. The van der Waals surface area contributed by atoms with Gasteiger partial charge >= 0.3 is 0 Å². The summed E-state index contributed by atoms with van der Waals surface area (Å²) < 4.78 is 8.35. The third-order valence-electron chi connectivity index (χ3n) is 4.12. The minimum absolute atomic E-state index is 0. The van der Waals surface area contributed by atoms with Gasteiger partial charge in [0.1, 0.15) is 5.69 Å². The second kappa shape index (κ2) is 8.34. The van der Waals surface area contributed by atoms with Gasteiger partial charge in [0.15, 0.2) is 0 Å². The highest BCUT2D eigenvalue weighted by molar-refractivity contribution is 9.10. The molecule has 2 unspecified atom stereocenters. The quantitative estimate of drug-likeness (QED) is 0.854. The topological polar surface area (TPSA) is 60.5 Å². The number of hydrogen-bond donors (Lipinski definition) is 1. The minimum atomic E-state index is 0. The minimum Gasteiger partial charge on any atom is -0.381 e. The smallest absolute Gasteiger partial charge is 0.270 e. The maximum Gasteiger partial charge on any atom is 0.270 e. The number of nitrogens with zero attached hydrogens (tertiary/aromatic N) is 2. The largest absolute Gasteiger partial charge is 0.381 e. The maximum atomic E-state index is 12.9. The molecule has 7 heteroatoms. The number of rotatable bonds is 4. The van der Waals surface area contributed by atoms with Crippen LogP contribution >= 0.6 is 28.3 Å². The lowest BCUT2D eigenvalue weighted by Gasteiger charge is -2.38. The summed E-state index contributed by atoms with van der Waals surface area (Å²) in [5.41, 5.74) is 6.58. The molecule has 2 rings (SSSR count). The summed E-state index contributed by atoms with van der Waals surface area (Å²) >= 11 is 3.46. The van der Waals surface area contributed by atoms with Gasteiger partial charge in [0, 0.05) is 43.0 Å². The predicted octanol–water partition coefficient (Wildman–Crippen LogP) is 2.83. The summed E-state index contributed by atoms with van der Waals surface area (Å²) in [5.74, 6) is 0.0550. The van der Waals surface area contributed by atoms with E-state index in [2.05, 4.69) is 29.8 Å². The average molecular weight is 395 g/mol. The molecule has 22 heavy (non-hydrogen) atoms. The zero-order chi connectivity index (χ0) is 15.6. The van der Waals surface area contributed by atoms with Gasteiger partial charge < -0.3 is 19.9 Å². The van der Waals surface area contributed by atoms with Gasteiger partial charge in [-0.05, 0) is 48.7 Å². The number of nitrogens with two attached hydrogens (primary N) is 1. The van der Waals surface area contributed by atoms with Crippen LogP contribution in [-0.2, 0) is 4.74 Å². The molecule has 1 aliphatic heterocycles. The third kappa shape index (κ3) is 4.04. The monoisotopic (exact) mass is 393 g/mol. The Hall–Kier alpha value is -0.560. The summed E-state index contributed by atoms with van der Waals surface area (Å²) in [6.07, 6.45) is 3.83. The van der Waals surface area contributed by atoms with E-state index in [4.69, 9.17) is 10.5 Å². The molecule has 0 aliphatic carbocycles. The van der Waals surface area contributed by atoms with Crippen molar-refractivity contribution in [2.75, 3.05) is 20.2 Å². The lowest BCUT2D eigenvalue weighted by molar-refractivity contribution is 0.0133. The number of likely N-dealkylation sites (tertiary alicyclic amines) is 1. The summed E-state index contributed by atoms with van der Waals surface area (Å²) in [7, 11) is 1.72. The highest BCUT2D eigenvalue weighted by Gasteiger charge is 2.32. The summed E-state index contributed by atoms with van der Waals surface area (Å²) in [5, 5.41) is 0. The number of methoxy groups -OCH3 is 1. The van der Waals surface area contributed by atoms with E-state index >= 15 is 0 Å². The number of ether oxygens (including phenoxy) is 1. The molecule has 5 nitrogen and oxygen atoms in total. The molecule has 2 N–H and O–H groups in total. The fourth-order valence-corrected chi connectivity index (χ4v) is 3.35. The van der Waals surface area contributed by atoms with E-state index in [1.54, 1.807) is 7.11 Å². The SMILES string of the molecule is COC1CCN(C(=O)c2cc(Br)cn2C(C)C)C(CN)C1.Cl. The zero-order valence-electron chi connectivity index (χ0n) is 13.3. The number of aromatic nitrogens is 1. The Balaban J connectivity index is 0.00000242. The Morgan fingerprint density at radius 2 is 2.23 bits per heavy atom. The van der Waals surface area contributed by atoms with Crippen LogP contribution in [0.5, 0.6) is 0 Å². The van der Waals surface area contributed by atoms with E-state index < -0.39 is 0 Å². The molecule has 1 saturated heterocycles. The van der Waals surface area contributed by atoms with Crippen molar-refractivity contribution >= 4 is 34.2 Å². The van der Waals surface area contributed by atoms with Crippen molar-refractivity contribution in [1.82, 2.24) is 9.47 Å². The molecule has 1 amide bonds. The van der Waals surface area contributed by atoms with Crippen molar-refractivity contribution in [3.63, 3.8) is 0 Å². The number of carbonyl (C=O) groups excluding carboxylic acids is 1. The van der Waals surface area contributed by atoms with Crippen LogP contribution < -0.4 is 5.73 Å². The first kappa shape index (κ1) is 19.5. The molecule has 1 fully saturated rings. The van der Waals surface area contributed by atoms with Crippen molar-refractivity contribution in [1.29, 1.82) is 0 Å². The molecule has 1 aliphatic rings. The first-order valence-corrected chi connectivity index (χ1v) is 8.18. The van der Waals surface area contributed by atoms with Gasteiger partial charge in [-0.25, -0.2) is 0 Å². The van der Waals surface area contributed by atoms with Gasteiger partial charge in [-0.2, -0.15) is 0 Å². The van der Waals surface area contributed by atoms with Crippen molar-refractivity contribution in [2.24, 2.45) is 5.73 Å². The van der Waals surface area contributed by atoms with E-state index in [-0.39, 0.29) is 36.5 Å².